The van der Waals surface area contributed by atoms with Crippen molar-refractivity contribution in [2.75, 3.05) is 14.2 Å². The van der Waals surface area contributed by atoms with Crippen molar-refractivity contribution in [1.82, 2.24) is 9.88 Å². The topological polar surface area (TPSA) is 69.6 Å². The first-order chi connectivity index (χ1) is 12.3. The Hall–Kier alpha value is -2.50. The fraction of sp³-hybridized carbons (Fsp3) is 0.500. The molecule has 0 bridgehead atoms. The molecule has 142 valence electrons. The maximum absolute atomic E-state index is 12.9. The number of carbonyl (C=O) groups excluding carboxylic acids is 1. The molecule has 0 aliphatic carbocycles. The summed E-state index contributed by atoms with van der Waals surface area (Å²) in [4.78, 5) is 25.8. The average molecular weight is 360 g/mol. The van der Waals surface area contributed by atoms with Crippen LogP contribution in [0.1, 0.15) is 44.5 Å². The lowest BCUT2D eigenvalue weighted by Gasteiger charge is -2.17. The van der Waals surface area contributed by atoms with Crippen LogP contribution in [-0.2, 0) is 6.54 Å². The lowest BCUT2D eigenvalue weighted by atomic mass is 10.0. The number of benzene rings is 1. The van der Waals surface area contributed by atoms with E-state index in [0.29, 0.717) is 34.4 Å². The van der Waals surface area contributed by atoms with Crippen LogP contribution in [0.2, 0.25) is 0 Å². The molecule has 0 fully saturated rings. The van der Waals surface area contributed by atoms with E-state index < -0.39 is 0 Å². The Morgan fingerprint density at radius 3 is 2.19 bits per heavy atom. The third kappa shape index (κ3) is 4.00. The van der Waals surface area contributed by atoms with Crippen molar-refractivity contribution < 1.29 is 14.3 Å². The van der Waals surface area contributed by atoms with E-state index in [2.05, 4.69) is 5.32 Å². The lowest BCUT2D eigenvalue weighted by Crippen LogP contribution is -2.33. The van der Waals surface area contributed by atoms with E-state index in [1.807, 2.05) is 27.7 Å². The zero-order valence-corrected chi connectivity index (χ0v) is 16.4. The summed E-state index contributed by atoms with van der Waals surface area (Å²) >= 11 is 0. The highest BCUT2D eigenvalue weighted by molar-refractivity contribution is 6.07. The van der Waals surface area contributed by atoms with Gasteiger partial charge in [0.15, 0.2) is 11.5 Å². The number of pyridine rings is 1. The highest BCUT2D eigenvalue weighted by Gasteiger charge is 2.19. The number of hydrogen-bond donors (Lipinski definition) is 1. The Morgan fingerprint density at radius 2 is 1.69 bits per heavy atom. The van der Waals surface area contributed by atoms with Crippen molar-refractivity contribution in [2.24, 2.45) is 5.92 Å². The first-order valence-electron chi connectivity index (χ1n) is 8.92. The van der Waals surface area contributed by atoms with Crippen molar-refractivity contribution in [3.63, 3.8) is 0 Å². The molecular weight excluding hydrogens is 332 g/mol. The number of hydrogen-bond acceptors (Lipinski definition) is 4. The third-order valence-corrected chi connectivity index (χ3v) is 4.39. The maximum Gasteiger partial charge on any atom is 0.258 e. The smallest absolute Gasteiger partial charge is 0.258 e. The quantitative estimate of drug-likeness (QED) is 0.823. The van der Waals surface area contributed by atoms with Crippen LogP contribution in [-0.4, -0.2) is 30.7 Å². The summed E-state index contributed by atoms with van der Waals surface area (Å²) in [6.45, 7) is 8.56. The molecule has 6 heteroatoms. The number of aromatic nitrogens is 1. The molecule has 0 saturated heterocycles. The summed E-state index contributed by atoms with van der Waals surface area (Å²) in [6.07, 6.45) is 2.47. The van der Waals surface area contributed by atoms with E-state index in [1.165, 1.54) is 14.2 Å². The van der Waals surface area contributed by atoms with Gasteiger partial charge in [0.05, 0.1) is 25.2 Å². The molecule has 1 aromatic carbocycles. The summed E-state index contributed by atoms with van der Waals surface area (Å²) in [5.41, 5.74) is 0.316. The van der Waals surface area contributed by atoms with Crippen LogP contribution < -0.4 is 20.3 Å². The van der Waals surface area contributed by atoms with Gasteiger partial charge in [0.1, 0.15) is 0 Å². The Balaban J connectivity index is 2.76. The zero-order chi connectivity index (χ0) is 19.4. The van der Waals surface area contributed by atoms with Crippen LogP contribution in [0.4, 0.5) is 0 Å². The van der Waals surface area contributed by atoms with E-state index in [-0.39, 0.29) is 23.4 Å². The number of amides is 1. The fourth-order valence-electron chi connectivity index (χ4n) is 2.83. The summed E-state index contributed by atoms with van der Waals surface area (Å²) in [5, 5.41) is 3.99. The van der Waals surface area contributed by atoms with E-state index in [1.54, 1.807) is 22.9 Å². The highest BCUT2D eigenvalue weighted by atomic mass is 16.5. The zero-order valence-electron chi connectivity index (χ0n) is 16.4. The van der Waals surface area contributed by atoms with Gasteiger partial charge >= 0.3 is 0 Å². The molecule has 1 atom stereocenters. The predicted octanol–water partition coefficient (Wildman–Crippen LogP) is 3.20. The molecule has 0 radical (unpaired) electrons. The summed E-state index contributed by atoms with van der Waals surface area (Å²) in [6, 6.07) is 3.39. The normalized spacial score (nSPS) is 12.3. The van der Waals surface area contributed by atoms with Crippen LogP contribution in [0.25, 0.3) is 10.8 Å². The van der Waals surface area contributed by atoms with Crippen LogP contribution in [0.5, 0.6) is 11.5 Å². The van der Waals surface area contributed by atoms with Gasteiger partial charge in [-0.15, -0.1) is 0 Å². The Bertz CT molecular complexity index is 855. The summed E-state index contributed by atoms with van der Waals surface area (Å²) in [7, 11) is 3.05. The second-order valence-electron chi connectivity index (χ2n) is 6.93. The van der Waals surface area contributed by atoms with Crippen molar-refractivity contribution in [3.05, 3.63) is 34.2 Å². The van der Waals surface area contributed by atoms with Crippen LogP contribution in [0.3, 0.4) is 0 Å². The maximum atomic E-state index is 12.9. The molecule has 1 N–H and O–H groups in total. The van der Waals surface area contributed by atoms with Crippen LogP contribution in [0, 0.1) is 5.92 Å². The molecule has 0 unspecified atom stereocenters. The van der Waals surface area contributed by atoms with E-state index >= 15 is 0 Å². The molecule has 1 amide bonds. The molecule has 2 aromatic rings. The summed E-state index contributed by atoms with van der Waals surface area (Å²) < 4.78 is 12.3. The van der Waals surface area contributed by atoms with Gasteiger partial charge in [-0.05, 0) is 31.4 Å². The number of nitrogens with zero attached hydrogens (tertiary/aromatic N) is 1. The van der Waals surface area contributed by atoms with Gasteiger partial charge in [-0.25, -0.2) is 0 Å². The SMILES string of the molecule is CC[C@H](C)NC(=O)c1cn(CC(C)C)c(=O)c2cc(OC)c(OC)cc12. The van der Waals surface area contributed by atoms with Crippen molar-refractivity contribution >= 4 is 16.7 Å². The molecule has 0 aliphatic rings. The molecule has 0 saturated carbocycles. The predicted molar refractivity (Wildman–Crippen MR) is 103 cm³/mol. The second-order valence-corrected chi connectivity index (χ2v) is 6.93. The van der Waals surface area contributed by atoms with Gasteiger partial charge in [-0.2, -0.15) is 0 Å². The molecule has 6 nitrogen and oxygen atoms in total. The van der Waals surface area contributed by atoms with Gasteiger partial charge in [-0.3, -0.25) is 9.59 Å². The van der Waals surface area contributed by atoms with Gasteiger partial charge < -0.3 is 19.4 Å². The van der Waals surface area contributed by atoms with Gasteiger partial charge in [0, 0.05) is 24.2 Å². The average Bonchev–Trinajstić information content (AvgIpc) is 2.62. The first-order valence-corrected chi connectivity index (χ1v) is 8.92. The highest BCUT2D eigenvalue weighted by Crippen LogP contribution is 2.32. The molecule has 0 aliphatic heterocycles. The minimum Gasteiger partial charge on any atom is -0.493 e. The van der Waals surface area contributed by atoms with Crippen LogP contribution in [0.15, 0.2) is 23.1 Å². The number of fused-ring (bicyclic) bond motifs is 1. The largest absolute Gasteiger partial charge is 0.493 e. The van der Waals surface area contributed by atoms with E-state index in [9.17, 15) is 9.59 Å². The Kier molecular flexibility index (Phi) is 6.29. The first kappa shape index (κ1) is 19.8. The molecule has 1 aromatic heterocycles. The molecule has 26 heavy (non-hydrogen) atoms. The number of carbonyl (C=O) groups is 1. The number of rotatable bonds is 7. The minimum atomic E-state index is -0.200. The van der Waals surface area contributed by atoms with E-state index in [4.69, 9.17) is 9.47 Å². The molecule has 1 heterocycles. The van der Waals surface area contributed by atoms with Gasteiger partial charge in [0.2, 0.25) is 0 Å². The minimum absolute atomic E-state index is 0.0446. The second kappa shape index (κ2) is 8.25. The Morgan fingerprint density at radius 1 is 1.12 bits per heavy atom. The molecular formula is C20H28N2O4. The lowest BCUT2D eigenvalue weighted by molar-refractivity contribution is 0.0940. The fourth-order valence-corrected chi connectivity index (χ4v) is 2.83. The van der Waals surface area contributed by atoms with Crippen molar-refractivity contribution in [1.29, 1.82) is 0 Å². The molecule has 2 rings (SSSR count). The van der Waals surface area contributed by atoms with Gasteiger partial charge in [-0.1, -0.05) is 20.8 Å². The van der Waals surface area contributed by atoms with Crippen molar-refractivity contribution in [3.8, 4) is 11.5 Å². The number of nitrogens with one attached hydrogen (secondary N) is 1. The standard InChI is InChI=1S/C20H28N2O4/c1-7-13(4)21-19(23)16-11-22(10-12(2)3)20(24)15-9-18(26-6)17(25-5)8-14(15)16/h8-9,11-13H,7,10H2,1-6H3,(H,21,23)/t13-/m0/s1. The van der Waals surface area contributed by atoms with E-state index in [0.717, 1.165) is 6.42 Å². The van der Waals surface area contributed by atoms with Crippen LogP contribution >= 0.6 is 0 Å². The summed E-state index contributed by atoms with van der Waals surface area (Å²) in [5.74, 6) is 1.02. The third-order valence-electron chi connectivity index (χ3n) is 4.39. The number of ether oxygens (including phenoxy) is 2. The van der Waals surface area contributed by atoms with Crippen molar-refractivity contribution in [2.45, 2.75) is 46.7 Å². The monoisotopic (exact) mass is 360 g/mol. The number of methoxy groups -OCH3 is 2. The Labute approximate surface area is 154 Å². The van der Waals surface area contributed by atoms with Gasteiger partial charge in [0.25, 0.3) is 11.5 Å². The molecule has 0 spiro atoms.